The maximum atomic E-state index is 5.44. The number of fused-ring (bicyclic) bond motifs is 1. The van der Waals surface area contributed by atoms with E-state index >= 15 is 0 Å². The number of ether oxygens (including phenoxy) is 2. The van der Waals surface area contributed by atoms with Crippen LogP contribution in [0.5, 0.6) is 11.5 Å². The summed E-state index contributed by atoms with van der Waals surface area (Å²) in [6.07, 6.45) is 0.483. The molecular weight excluding hydrogens is 346 g/mol. The monoisotopic (exact) mass is 365 g/mol. The zero-order valence-corrected chi connectivity index (χ0v) is 15.3. The molecular formula is C19H19N5O3. The Kier molecular flexibility index (Phi) is 4.45. The molecule has 0 spiro atoms. The summed E-state index contributed by atoms with van der Waals surface area (Å²) >= 11 is 0. The minimum Gasteiger partial charge on any atom is -0.497 e. The molecule has 0 fully saturated rings. The van der Waals surface area contributed by atoms with E-state index in [9.17, 15) is 0 Å². The van der Waals surface area contributed by atoms with E-state index in [1.165, 1.54) is 0 Å². The summed E-state index contributed by atoms with van der Waals surface area (Å²) in [6.45, 7) is 2.77. The Morgan fingerprint density at radius 2 is 1.81 bits per heavy atom. The molecule has 0 N–H and O–H groups in total. The van der Waals surface area contributed by atoms with E-state index < -0.39 is 0 Å². The molecule has 138 valence electrons. The van der Waals surface area contributed by atoms with Crippen molar-refractivity contribution < 1.29 is 14.0 Å². The van der Waals surface area contributed by atoms with Crippen molar-refractivity contribution in [2.45, 2.75) is 19.9 Å². The van der Waals surface area contributed by atoms with Crippen LogP contribution in [0.1, 0.15) is 18.4 Å². The molecule has 0 aliphatic heterocycles. The van der Waals surface area contributed by atoms with Gasteiger partial charge in [-0.15, -0.1) is 5.10 Å². The Balaban J connectivity index is 1.62. The largest absolute Gasteiger partial charge is 0.497 e. The maximum absolute atomic E-state index is 5.44. The number of nitrogens with zero attached hydrogens (tertiary/aromatic N) is 5. The maximum Gasteiger partial charge on any atom is 0.231 e. The first-order valence-corrected chi connectivity index (χ1v) is 8.58. The molecule has 8 nitrogen and oxygen atoms in total. The quantitative estimate of drug-likeness (QED) is 0.519. The van der Waals surface area contributed by atoms with Gasteiger partial charge in [-0.3, -0.25) is 0 Å². The van der Waals surface area contributed by atoms with E-state index in [-0.39, 0.29) is 0 Å². The Labute approximate surface area is 155 Å². The number of benzene rings is 2. The van der Waals surface area contributed by atoms with Gasteiger partial charge in [0.15, 0.2) is 0 Å². The average molecular weight is 365 g/mol. The summed E-state index contributed by atoms with van der Waals surface area (Å²) in [6, 6.07) is 11.5. The zero-order chi connectivity index (χ0) is 18.8. The summed E-state index contributed by atoms with van der Waals surface area (Å²) in [7, 11) is 3.24. The molecule has 0 aliphatic rings. The fraction of sp³-hybridized carbons (Fsp3) is 0.263. The van der Waals surface area contributed by atoms with Gasteiger partial charge in [0, 0.05) is 18.2 Å². The smallest absolute Gasteiger partial charge is 0.231 e. The van der Waals surface area contributed by atoms with Crippen LogP contribution in [-0.4, -0.2) is 39.4 Å². The lowest BCUT2D eigenvalue weighted by molar-refractivity contribution is 0.382. The number of hydrogen-bond acceptors (Lipinski definition) is 7. The lowest BCUT2D eigenvalue weighted by Crippen LogP contribution is -1.96. The molecule has 8 heteroatoms. The van der Waals surface area contributed by atoms with Crippen LogP contribution < -0.4 is 9.47 Å². The molecule has 4 aromatic rings. The molecule has 27 heavy (non-hydrogen) atoms. The minimum atomic E-state index is 0.483. The van der Waals surface area contributed by atoms with Crippen molar-refractivity contribution in [3.8, 4) is 22.9 Å². The normalized spacial score (nSPS) is 11.1. The van der Waals surface area contributed by atoms with Crippen LogP contribution in [0, 0.1) is 0 Å². The highest BCUT2D eigenvalue weighted by Crippen LogP contribution is 2.25. The van der Waals surface area contributed by atoms with E-state index in [1.807, 2.05) is 48.0 Å². The van der Waals surface area contributed by atoms with Crippen LogP contribution >= 0.6 is 0 Å². The van der Waals surface area contributed by atoms with Gasteiger partial charge in [0.25, 0.3) is 0 Å². The van der Waals surface area contributed by atoms with Gasteiger partial charge in [0.05, 0.1) is 26.2 Å². The van der Waals surface area contributed by atoms with Crippen LogP contribution in [0.2, 0.25) is 0 Å². The third-order valence-corrected chi connectivity index (χ3v) is 4.31. The van der Waals surface area contributed by atoms with Crippen LogP contribution in [0.3, 0.4) is 0 Å². The van der Waals surface area contributed by atoms with Crippen molar-refractivity contribution in [3.63, 3.8) is 0 Å². The van der Waals surface area contributed by atoms with E-state index in [0.29, 0.717) is 18.1 Å². The van der Waals surface area contributed by atoms with Gasteiger partial charge < -0.3 is 14.0 Å². The summed E-state index contributed by atoms with van der Waals surface area (Å²) < 4.78 is 17.9. The number of rotatable bonds is 6. The van der Waals surface area contributed by atoms with Gasteiger partial charge in [-0.25, -0.2) is 4.68 Å². The molecule has 0 unspecified atom stereocenters. The Hall–Kier alpha value is -3.42. The Morgan fingerprint density at radius 1 is 1.04 bits per heavy atom. The average Bonchev–Trinajstić information content (AvgIpc) is 3.33. The number of aryl methyl sites for hydroxylation is 1. The van der Waals surface area contributed by atoms with Crippen LogP contribution in [0.15, 0.2) is 40.9 Å². The third-order valence-electron chi connectivity index (χ3n) is 4.31. The van der Waals surface area contributed by atoms with Gasteiger partial charge >= 0.3 is 0 Å². The zero-order valence-electron chi connectivity index (χ0n) is 15.3. The SMILES string of the molecule is CCn1nnc2ccc(-c3noc(Cc4cc(OC)cc(OC)c4)n3)cc21. The lowest BCUT2D eigenvalue weighted by atomic mass is 10.1. The van der Waals surface area contributed by atoms with E-state index in [1.54, 1.807) is 14.2 Å². The lowest BCUT2D eigenvalue weighted by Gasteiger charge is -2.06. The fourth-order valence-corrected chi connectivity index (χ4v) is 2.92. The highest BCUT2D eigenvalue weighted by molar-refractivity contribution is 5.79. The summed E-state index contributed by atoms with van der Waals surface area (Å²) in [5, 5.41) is 12.4. The topological polar surface area (TPSA) is 88.1 Å². The predicted molar refractivity (Wildman–Crippen MR) is 98.8 cm³/mol. The second kappa shape index (κ2) is 7.06. The minimum absolute atomic E-state index is 0.483. The van der Waals surface area contributed by atoms with E-state index in [4.69, 9.17) is 14.0 Å². The van der Waals surface area contributed by atoms with Gasteiger partial charge in [0.1, 0.15) is 17.0 Å². The van der Waals surface area contributed by atoms with Crippen LogP contribution in [0.4, 0.5) is 0 Å². The molecule has 0 saturated heterocycles. The van der Waals surface area contributed by atoms with Gasteiger partial charge in [-0.05, 0) is 42.8 Å². The molecule has 2 aromatic heterocycles. The van der Waals surface area contributed by atoms with Gasteiger partial charge in [-0.2, -0.15) is 4.98 Å². The van der Waals surface area contributed by atoms with Crippen molar-refractivity contribution >= 4 is 11.0 Å². The Bertz CT molecular complexity index is 1060. The molecule has 0 atom stereocenters. The molecule has 0 radical (unpaired) electrons. The molecule has 0 aliphatic carbocycles. The second-order valence-electron chi connectivity index (χ2n) is 6.02. The van der Waals surface area contributed by atoms with Crippen molar-refractivity contribution in [2.75, 3.05) is 14.2 Å². The van der Waals surface area contributed by atoms with Gasteiger partial charge in [0.2, 0.25) is 11.7 Å². The van der Waals surface area contributed by atoms with E-state index in [2.05, 4.69) is 20.5 Å². The Morgan fingerprint density at radius 3 is 2.52 bits per heavy atom. The van der Waals surface area contributed by atoms with Crippen molar-refractivity contribution in [1.82, 2.24) is 25.1 Å². The van der Waals surface area contributed by atoms with Crippen molar-refractivity contribution in [3.05, 3.63) is 47.9 Å². The standard InChI is InChI=1S/C19H19N5O3/c1-4-24-17-10-13(5-6-16(17)21-23-24)19-20-18(27-22-19)9-12-7-14(25-2)11-15(8-12)26-3/h5-8,10-11H,4,9H2,1-3H3. The first-order valence-electron chi connectivity index (χ1n) is 8.58. The number of methoxy groups -OCH3 is 2. The molecule has 0 bridgehead atoms. The van der Waals surface area contributed by atoms with Crippen molar-refractivity contribution in [2.24, 2.45) is 0 Å². The predicted octanol–water partition coefficient (Wildman–Crippen LogP) is 3.11. The number of hydrogen-bond donors (Lipinski definition) is 0. The first kappa shape index (κ1) is 17.0. The third kappa shape index (κ3) is 3.33. The number of aromatic nitrogens is 5. The molecule has 0 saturated carbocycles. The first-order chi connectivity index (χ1) is 13.2. The summed E-state index contributed by atoms with van der Waals surface area (Å²) in [4.78, 5) is 4.52. The molecule has 4 rings (SSSR count). The fourth-order valence-electron chi connectivity index (χ4n) is 2.92. The van der Waals surface area contributed by atoms with Crippen LogP contribution in [-0.2, 0) is 13.0 Å². The van der Waals surface area contributed by atoms with Crippen LogP contribution in [0.25, 0.3) is 22.4 Å². The van der Waals surface area contributed by atoms with Gasteiger partial charge in [-0.1, -0.05) is 10.4 Å². The highest BCUT2D eigenvalue weighted by Gasteiger charge is 2.13. The molecule has 2 aromatic carbocycles. The summed E-state index contributed by atoms with van der Waals surface area (Å²) in [5.74, 6) is 2.48. The molecule has 0 amide bonds. The molecule has 2 heterocycles. The summed E-state index contributed by atoms with van der Waals surface area (Å²) in [5.41, 5.74) is 3.61. The second-order valence-corrected chi connectivity index (χ2v) is 6.02. The van der Waals surface area contributed by atoms with Crippen molar-refractivity contribution in [1.29, 1.82) is 0 Å². The van der Waals surface area contributed by atoms with E-state index in [0.717, 1.165) is 40.2 Å². The highest BCUT2D eigenvalue weighted by atomic mass is 16.5.